The summed E-state index contributed by atoms with van der Waals surface area (Å²) in [5.74, 6) is 5.21. The number of likely N-dealkylation sites (N-methyl/N-ethyl adjacent to an activating group) is 2. The van der Waals surface area contributed by atoms with Crippen LogP contribution >= 0.6 is 0 Å². The summed E-state index contributed by atoms with van der Waals surface area (Å²) in [7, 11) is 6.13. The zero-order chi connectivity index (χ0) is 15.0. The summed E-state index contributed by atoms with van der Waals surface area (Å²) in [6, 6.07) is 5.03. The monoisotopic (exact) mass is 278 g/mol. The van der Waals surface area contributed by atoms with Gasteiger partial charge in [-0.25, -0.2) is 4.39 Å². The first kappa shape index (κ1) is 16.6. The van der Waals surface area contributed by atoms with Crippen LogP contribution in [0, 0.1) is 17.7 Å². The highest BCUT2D eigenvalue weighted by Gasteiger charge is 2.04. The molecule has 1 N–H and O–H groups in total. The molecule has 0 radical (unpaired) electrons. The topological polar surface area (TPSA) is 26.7 Å². The van der Waals surface area contributed by atoms with Crippen LogP contribution in [-0.4, -0.2) is 55.7 Å². The van der Waals surface area contributed by atoms with Gasteiger partial charge in [0.1, 0.15) is 5.82 Å². The molecule has 0 saturated heterocycles. The summed E-state index contributed by atoms with van der Waals surface area (Å²) in [5, 5.41) is 8.68. The summed E-state index contributed by atoms with van der Waals surface area (Å²) >= 11 is 0. The molecule has 3 nitrogen and oxygen atoms in total. The summed E-state index contributed by atoms with van der Waals surface area (Å²) in [4.78, 5) is 4.32. The molecular weight excluding hydrogens is 255 g/mol. The zero-order valence-electron chi connectivity index (χ0n) is 12.5. The summed E-state index contributed by atoms with van der Waals surface area (Å²) in [5.41, 5.74) is 1.44. The molecule has 1 aromatic rings. The number of hydrogen-bond donors (Lipinski definition) is 1. The minimum Gasteiger partial charge on any atom is -0.395 e. The molecule has 0 spiro atoms. The van der Waals surface area contributed by atoms with E-state index in [4.69, 9.17) is 5.11 Å². The molecule has 0 bridgehead atoms. The molecule has 1 rings (SSSR count). The van der Waals surface area contributed by atoms with Crippen molar-refractivity contribution in [2.24, 2.45) is 0 Å². The van der Waals surface area contributed by atoms with Crippen molar-refractivity contribution in [3.05, 3.63) is 35.1 Å². The summed E-state index contributed by atoms with van der Waals surface area (Å²) in [6.45, 7) is 2.71. The molecule has 0 aliphatic heterocycles. The molecule has 4 heteroatoms. The highest BCUT2D eigenvalue weighted by Crippen LogP contribution is 2.11. The number of hydrogen-bond acceptors (Lipinski definition) is 3. The van der Waals surface area contributed by atoms with Crippen LogP contribution in [0.25, 0.3) is 0 Å². The van der Waals surface area contributed by atoms with Gasteiger partial charge in [0.15, 0.2) is 0 Å². The van der Waals surface area contributed by atoms with Crippen LogP contribution in [0.15, 0.2) is 18.2 Å². The van der Waals surface area contributed by atoms with Crippen LogP contribution in [0.5, 0.6) is 0 Å². The van der Waals surface area contributed by atoms with Gasteiger partial charge in [-0.05, 0) is 38.8 Å². The van der Waals surface area contributed by atoms with Gasteiger partial charge in [-0.15, -0.1) is 0 Å². The van der Waals surface area contributed by atoms with Crippen LogP contribution in [0.2, 0.25) is 0 Å². The summed E-state index contributed by atoms with van der Waals surface area (Å²) < 4.78 is 13.6. The highest BCUT2D eigenvalue weighted by molar-refractivity contribution is 5.38. The Morgan fingerprint density at radius 1 is 1.20 bits per heavy atom. The van der Waals surface area contributed by atoms with E-state index < -0.39 is 0 Å². The van der Waals surface area contributed by atoms with Crippen molar-refractivity contribution < 1.29 is 9.50 Å². The fraction of sp³-hybridized carbons (Fsp3) is 0.500. The fourth-order valence-electron chi connectivity index (χ4n) is 1.74. The van der Waals surface area contributed by atoms with E-state index in [1.54, 1.807) is 12.1 Å². The lowest BCUT2D eigenvalue weighted by Gasteiger charge is -2.19. The molecule has 0 amide bonds. The number of aliphatic hydroxyl groups excluding tert-OH is 1. The Kier molecular flexibility index (Phi) is 7.24. The molecule has 0 aliphatic rings. The number of aliphatic hydroxyl groups is 1. The van der Waals surface area contributed by atoms with Gasteiger partial charge in [0.05, 0.1) is 12.2 Å². The first-order valence-electron chi connectivity index (χ1n) is 6.74. The van der Waals surface area contributed by atoms with E-state index in [0.717, 1.165) is 25.2 Å². The average Bonchev–Trinajstić information content (AvgIpc) is 2.40. The number of nitrogens with zero attached hydrogens (tertiary/aromatic N) is 2. The molecule has 0 saturated carbocycles. The van der Waals surface area contributed by atoms with E-state index in [1.807, 2.05) is 21.1 Å². The van der Waals surface area contributed by atoms with Crippen LogP contribution in [0.4, 0.5) is 4.39 Å². The molecule has 0 aliphatic carbocycles. The lowest BCUT2D eigenvalue weighted by Crippen LogP contribution is -2.28. The Balaban J connectivity index is 2.67. The lowest BCUT2D eigenvalue weighted by atomic mass is 10.1. The van der Waals surface area contributed by atoms with E-state index >= 15 is 0 Å². The van der Waals surface area contributed by atoms with Crippen LogP contribution in [0.3, 0.4) is 0 Å². The van der Waals surface area contributed by atoms with Gasteiger partial charge >= 0.3 is 0 Å². The quantitative estimate of drug-likeness (QED) is 0.800. The molecule has 0 aromatic heterocycles. The molecule has 0 atom stereocenters. The van der Waals surface area contributed by atoms with Gasteiger partial charge in [0.25, 0.3) is 0 Å². The second-order valence-corrected chi connectivity index (χ2v) is 5.13. The second-order valence-electron chi connectivity index (χ2n) is 5.13. The minimum atomic E-state index is -0.310. The Morgan fingerprint density at radius 2 is 1.95 bits per heavy atom. The molecule has 0 unspecified atom stereocenters. The first-order valence-corrected chi connectivity index (χ1v) is 6.74. The fourth-order valence-corrected chi connectivity index (χ4v) is 1.74. The Morgan fingerprint density at radius 3 is 2.60 bits per heavy atom. The lowest BCUT2D eigenvalue weighted by molar-refractivity contribution is 0.276. The maximum Gasteiger partial charge on any atom is 0.138 e. The highest BCUT2D eigenvalue weighted by atomic mass is 19.1. The Labute approximate surface area is 121 Å². The van der Waals surface area contributed by atoms with Gasteiger partial charge in [-0.3, -0.25) is 0 Å². The smallest absolute Gasteiger partial charge is 0.138 e. The van der Waals surface area contributed by atoms with E-state index in [1.165, 1.54) is 6.07 Å². The van der Waals surface area contributed by atoms with Crippen LogP contribution in [-0.2, 0) is 6.54 Å². The van der Waals surface area contributed by atoms with Crippen molar-refractivity contribution >= 4 is 0 Å². The summed E-state index contributed by atoms with van der Waals surface area (Å²) in [6.07, 6.45) is 0.367. The normalized spacial score (nSPS) is 10.8. The van der Waals surface area contributed by atoms with Gasteiger partial charge in [0.2, 0.25) is 0 Å². The Hall–Kier alpha value is -1.41. The largest absolute Gasteiger partial charge is 0.395 e. The minimum absolute atomic E-state index is 0.00157. The van der Waals surface area contributed by atoms with Gasteiger partial charge in [-0.2, -0.15) is 0 Å². The SMILES string of the molecule is CN(C)CCN(C)Cc1ccc(F)c(C#CCCO)c1. The van der Waals surface area contributed by atoms with E-state index in [9.17, 15) is 4.39 Å². The number of benzene rings is 1. The average molecular weight is 278 g/mol. The second kappa shape index (κ2) is 8.70. The van der Waals surface area contributed by atoms with Crippen molar-refractivity contribution in [2.75, 3.05) is 40.8 Å². The van der Waals surface area contributed by atoms with Gasteiger partial charge in [-0.1, -0.05) is 17.9 Å². The van der Waals surface area contributed by atoms with E-state index in [-0.39, 0.29) is 12.4 Å². The van der Waals surface area contributed by atoms with Crippen molar-refractivity contribution in [2.45, 2.75) is 13.0 Å². The van der Waals surface area contributed by atoms with E-state index in [2.05, 4.69) is 21.6 Å². The third kappa shape index (κ3) is 6.16. The van der Waals surface area contributed by atoms with Crippen molar-refractivity contribution in [1.29, 1.82) is 0 Å². The zero-order valence-corrected chi connectivity index (χ0v) is 12.5. The van der Waals surface area contributed by atoms with Crippen molar-refractivity contribution in [1.82, 2.24) is 9.80 Å². The molecule has 0 heterocycles. The molecule has 1 aromatic carbocycles. The molecular formula is C16H23FN2O. The van der Waals surface area contributed by atoms with Crippen molar-refractivity contribution in [3.8, 4) is 11.8 Å². The van der Waals surface area contributed by atoms with Gasteiger partial charge < -0.3 is 14.9 Å². The van der Waals surface area contributed by atoms with Crippen LogP contribution < -0.4 is 0 Å². The van der Waals surface area contributed by atoms with Crippen molar-refractivity contribution in [3.63, 3.8) is 0 Å². The van der Waals surface area contributed by atoms with E-state index in [0.29, 0.717) is 12.0 Å². The number of rotatable bonds is 6. The maximum atomic E-state index is 13.6. The first-order chi connectivity index (χ1) is 9.52. The van der Waals surface area contributed by atoms with Gasteiger partial charge in [0, 0.05) is 26.1 Å². The standard InChI is InChI=1S/C16H23FN2O/c1-18(2)9-10-19(3)13-14-7-8-16(17)15(12-14)6-4-5-11-20/h7-8,12,20H,5,9-11,13H2,1-3H3. The molecule has 110 valence electrons. The maximum absolute atomic E-state index is 13.6. The predicted octanol–water partition coefficient (Wildman–Crippen LogP) is 1.55. The van der Waals surface area contributed by atoms with Crippen LogP contribution in [0.1, 0.15) is 17.5 Å². The number of halogens is 1. The predicted molar refractivity (Wildman–Crippen MR) is 79.9 cm³/mol. The third-order valence-corrected chi connectivity index (χ3v) is 2.87. The Bertz CT molecular complexity index is 477. The third-order valence-electron chi connectivity index (χ3n) is 2.87. The molecule has 20 heavy (non-hydrogen) atoms. The molecule has 0 fully saturated rings.